The minimum Gasteiger partial charge on any atom is -0.266 e. The molecule has 0 saturated heterocycles. The van der Waals surface area contributed by atoms with Crippen molar-refractivity contribution in [1.82, 2.24) is 25.2 Å². The first kappa shape index (κ1) is 17.1. The van der Waals surface area contributed by atoms with Gasteiger partial charge in [0, 0.05) is 22.6 Å². The van der Waals surface area contributed by atoms with E-state index in [4.69, 9.17) is 0 Å². The maximum atomic E-state index is 13.2. The van der Waals surface area contributed by atoms with Crippen molar-refractivity contribution in [1.29, 1.82) is 0 Å². The average Bonchev–Trinajstić information content (AvgIpc) is 3.22. The summed E-state index contributed by atoms with van der Waals surface area (Å²) in [5.74, 6) is -0.328. The van der Waals surface area contributed by atoms with Crippen molar-refractivity contribution in [2.75, 3.05) is 5.43 Å². The van der Waals surface area contributed by atoms with Crippen LogP contribution in [0.15, 0.2) is 30.3 Å². The van der Waals surface area contributed by atoms with Gasteiger partial charge in [0.15, 0.2) is 5.69 Å². The van der Waals surface area contributed by atoms with Crippen molar-refractivity contribution in [2.45, 2.75) is 33.1 Å². The van der Waals surface area contributed by atoms with E-state index in [-0.39, 0.29) is 11.7 Å². The number of anilines is 1. The highest BCUT2D eigenvalue weighted by molar-refractivity contribution is 5.94. The van der Waals surface area contributed by atoms with Gasteiger partial charge in [0.05, 0.1) is 5.69 Å². The zero-order chi connectivity index (χ0) is 19.0. The first-order valence-corrected chi connectivity index (χ1v) is 8.76. The molecule has 138 valence electrons. The molecule has 2 aromatic heterocycles. The molecule has 8 heteroatoms. The van der Waals surface area contributed by atoms with Gasteiger partial charge in [-0.3, -0.25) is 15.6 Å². The van der Waals surface area contributed by atoms with Crippen molar-refractivity contribution in [3.63, 3.8) is 0 Å². The fourth-order valence-corrected chi connectivity index (χ4v) is 3.37. The van der Waals surface area contributed by atoms with Crippen molar-refractivity contribution >= 4 is 11.9 Å². The Kier molecular flexibility index (Phi) is 4.31. The molecule has 1 amide bonds. The lowest BCUT2D eigenvalue weighted by atomic mass is 10.2. The van der Waals surface area contributed by atoms with E-state index in [2.05, 4.69) is 25.9 Å². The van der Waals surface area contributed by atoms with Gasteiger partial charge in [-0.1, -0.05) is 0 Å². The first-order chi connectivity index (χ1) is 13.0. The molecule has 0 fully saturated rings. The molecule has 27 heavy (non-hydrogen) atoms. The predicted molar refractivity (Wildman–Crippen MR) is 98.1 cm³/mol. The number of carbonyl (C=O) groups is 1. The van der Waals surface area contributed by atoms with Gasteiger partial charge >= 0.3 is 0 Å². The van der Waals surface area contributed by atoms with Crippen LogP contribution in [-0.4, -0.2) is 25.7 Å². The highest BCUT2D eigenvalue weighted by Crippen LogP contribution is 2.27. The third kappa shape index (κ3) is 3.38. The Balaban J connectivity index is 1.59. The number of hydrogen-bond acceptors (Lipinski definition) is 5. The number of carbonyl (C=O) groups excluding carboxylic acids is 1. The maximum Gasteiger partial charge on any atom is 0.290 e. The molecule has 2 heterocycles. The van der Waals surface area contributed by atoms with Crippen LogP contribution in [0.1, 0.15) is 39.6 Å². The van der Waals surface area contributed by atoms with Gasteiger partial charge in [-0.05, 0) is 63.4 Å². The van der Waals surface area contributed by atoms with E-state index in [9.17, 15) is 9.18 Å². The van der Waals surface area contributed by atoms with Gasteiger partial charge < -0.3 is 0 Å². The van der Waals surface area contributed by atoms with Crippen molar-refractivity contribution in [3.05, 3.63) is 64.5 Å². The topological polar surface area (TPSA) is 84.7 Å². The molecule has 0 bridgehead atoms. The van der Waals surface area contributed by atoms with E-state index in [1.807, 2.05) is 19.9 Å². The number of fused-ring (bicyclic) bond motifs is 1. The molecule has 4 rings (SSSR count). The highest BCUT2D eigenvalue weighted by Gasteiger charge is 2.27. The highest BCUT2D eigenvalue weighted by atomic mass is 19.1. The minimum absolute atomic E-state index is 0.307. The lowest BCUT2D eigenvalue weighted by Crippen LogP contribution is -2.31. The molecule has 0 aliphatic heterocycles. The van der Waals surface area contributed by atoms with Crippen LogP contribution in [-0.2, 0) is 12.8 Å². The largest absolute Gasteiger partial charge is 0.290 e. The van der Waals surface area contributed by atoms with Crippen molar-refractivity contribution in [2.24, 2.45) is 0 Å². The Morgan fingerprint density at radius 3 is 2.52 bits per heavy atom. The number of rotatable bonds is 4. The van der Waals surface area contributed by atoms with E-state index in [0.29, 0.717) is 11.6 Å². The van der Waals surface area contributed by atoms with E-state index in [0.717, 1.165) is 47.6 Å². The van der Waals surface area contributed by atoms with Crippen LogP contribution >= 0.6 is 0 Å². The zero-order valence-electron chi connectivity index (χ0n) is 15.1. The summed E-state index contributed by atoms with van der Waals surface area (Å²) in [4.78, 5) is 21.2. The summed E-state index contributed by atoms with van der Waals surface area (Å²) in [5.41, 5.74) is 10.0. The minimum atomic E-state index is -0.350. The standard InChI is InChI=1S/C19H19FN6O/c1-11-10-12(2)22-19(21-11)24-23-18(27)17-15-4-3-5-16(15)26(25-17)14-8-6-13(20)7-9-14/h6-10H,3-5H2,1-2H3,(H,23,27)(H,21,22,24). The molecule has 0 atom stereocenters. The third-order valence-corrected chi connectivity index (χ3v) is 4.49. The van der Waals surface area contributed by atoms with Gasteiger partial charge in [0.2, 0.25) is 5.95 Å². The molecular weight excluding hydrogens is 347 g/mol. The molecule has 2 N–H and O–H groups in total. The van der Waals surface area contributed by atoms with E-state index >= 15 is 0 Å². The Bertz CT molecular complexity index is 992. The fraction of sp³-hybridized carbons (Fsp3) is 0.263. The molecule has 0 unspecified atom stereocenters. The number of hydrogen-bond donors (Lipinski definition) is 2. The summed E-state index contributed by atoms with van der Waals surface area (Å²) < 4.78 is 14.9. The second kappa shape index (κ2) is 6.79. The number of hydrazine groups is 1. The van der Waals surface area contributed by atoms with Gasteiger partial charge in [0.1, 0.15) is 5.82 Å². The predicted octanol–water partition coefficient (Wildman–Crippen LogP) is 2.66. The summed E-state index contributed by atoms with van der Waals surface area (Å²) in [5, 5.41) is 4.48. The first-order valence-electron chi connectivity index (χ1n) is 8.76. The number of nitrogens with zero attached hydrogens (tertiary/aromatic N) is 4. The lowest BCUT2D eigenvalue weighted by molar-refractivity contribution is 0.0956. The third-order valence-electron chi connectivity index (χ3n) is 4.49. The van der Waals surface area contributed by atoms with Gasteiger partial charge in [0.25, 0.3) is 5.91 Å². The Labute approximate surface area is 155 Å². The number of benzene rings is 1. The second-order valence-corrected chi connectivity index (χ2v) is 6.57. The molecule has 0 saturated carbocycles. The van der Waals surface area contributed by atoms with E-state index in [1.165, 1.54) is 12.1 Å². The molecule has 1 aromatic carbocycles. The average molecular weight is 366 g/mol. The Morgan fingerprint density at radius 1 is 1.11 bits per heavy atom. The van der Waals surface area contributed by atoms with Crippen LogP contribution in [0.3, 0.4) is 0 Å². The monoisotopic (exact) mass is 366 g/mol. The van der Waals surface area contributed by atoms with E-state index in [1.54, 1.807) is 16.8 Å². The molecule has 0 radical (unpaired) electrons. The van der Waals surface area contributed by atoms with Gasteiger partial charge in [-0.2, -0.15) is 5.10 Å². The molecular formula is C19H19FN6O. The lowest BCUT2D eigenvalue weighted by Gasteiger charge is -2.08. The maximum absolute atomic E-state index is 13.2. The zero-order valence-corrected chi connectivity index (χ0v) is 15.1. The van der Waals surface area contributed by atoms with Gasteiger partial charge in [-0.15, -0.1) is 0 Å². The summed E-state index contributed by atoms with van der Waals surface area (Å²) in [7, 11) is 0. The quantitative estimate of drug-likeness (QED) is 0.694. The molecule has 1 aliphatic carbocycles. The van der Waals surface area contributed by atoms with Crippen LogP contribution in [0.4, 0.5) is 10.3 Å². The van der Waals surface area contributed by atoms with Crippen LogP contribution in [0.5, 0.6) is 0 Å². The number of nitrogens with one attached hydrogen (secondary N) is 2. The summed E-state index contributed by atoms with van der Waals surface area (Å²) in [6.07, 6.45) is 2.59. The second-order valence-electron chi connectivity index (χ2n) is 6.57. The van der Waals surface area contributed by atoms with Crippen LogP contribution in [0.25, 0.3) is 5.69 Å². The number of halogens is 1. The molecule has 0 spiro atoms. The fourth-order valence-electron chi connectivity index (χ4n) is 3.37. The van der Waals surface area contributed by atoms with Crippen LogP contribution in [0, 0.1) is 19.7 Å². The molecule has 7 nitrogen and oxygen atoms in total. The number of amides is 1. The Morgan fingerprint density at radius 2 is 1.81 bits per heavy atom. The van der Waals surface area contributed by atoms with Crippen LogP contribution in [0.2, 0.25) is 0 Å². The SMILES string of the molecule is Cc1cc(C)nc(NNC(=O)c2nn(-c3ccc(F)cc3)c3c2CCC3)n1. The molecule has 3 aromatic rings. The summed E-state index contributed by atoms with van der Waals surface area (Å²) in [6, 6.07) is 7.94. The van der Waals surface area contributed by atoms with Crippen molar-refractivity contribution < 1.29 is 9.18 Å². The smallest absolute Gasteiger partial charge is 0.266 e. The number of aryl methyl sites for hydroxylation is 2. The van der Waals surface area contributed by atoms with Crippen LogP contribution < -0.4 is 10.9 Å². The van der Waals surface area contributed by atoms with Crippen molar-refractivity contribution in [3.8, 4) is 5.69 Å². The number of aromatic nitrogens is 4. The summed E-state index contributed by atoms with van der Waals surface area (Å²) >= 11 is 0. The van der Waals surface area contributed by atoms with Gasteiger partial charge in [-0.25, -0.2) is 19.0 Å². The normalized spacial score (nSPS) is 12.7. The Hall–Kier alpha value is -3.29. The van der Waals surface area contributed by atoms with E-state index < -0.39 is 0 Å². The molecule has 1 aliphatic rings. The summed E-state index contributed by atoms with van der Waals surface area (Å²) in [6.45, 7) is 3.72.